The lowest BCUT2D eigenvalue weighted by molar-refractivity contribution is -0.648. The minimum atomic E-state index is 0.826. The quantitative estimate of drug-likeness (QED) is 0.405. The van der Waals surface area contributed by atoms with Crippen molar-refractivity contribution in [1.29, 1.82) is 0 Å². The summed E-state index contributed by atoms with van der Waals surface area (Å²) in [5, 5.41) is 1.16. The van der Waals surface area contributed by atoms with Crippen LogP contribution >= 0.6 is 11.3 Å². The molecule has 0 fully saturated rings. The second-order valence-electron chi connectivity index (χ2n) is 4.60. The van der Waals surface area contributed by atoms with Crippen molar-refractivity contribution in [1.82, 2.24) is 9.97 Å². The van der Waals surface area contributed by atoms with Crippen LogP contribution in [0.5, 0.6) is 0 Å². The molecule has 0 aliphatic carbocycles. The molecule has 0 radical (unpaired) electrons. The molecule has 5 heterocycles. The van der Waals surface area contributed by atoms with Crippen molar-refractivity contribution in [3.05, 3.63) is 42.2 Å². The molecule has 0 saturated carbocycles. The Morgan fingerprint density at radius 2 is 2.05 bits per heavy atom. The average molecular weight is 266 g/mol. The Morgan fingerprint density at radius 1 is 1.16 bits per heavy atom. The Bertz CT molecular complexity index is 954. The molecular formula is C14H8N3OS+. The van der Waals surface area contributed by atoms with Crippen LogP contribution < -0.4 is 4.57 Å². The first-order valence-electron chi connectivity index (χ1n) is 6.06. The van der Waals surface area contributed by atoms with E-state index in [9.17, 15) is 0 Å². The highest BCUT2D eigenvalue weighted by Gasteiger charge is 2.37. The highest BCUT2D eigenvalue weighted by Crippen LogP contribution is 2.36. The van der Waals surface area contributed by atoms with Gasteiger partial charge in [0.2, 0.25) is 0 Å². The minimum absolute atomic E-state index is 0.826. The highest BCUT2D eigenvalue weighted by molar-refractivity contribution is 7.24. The fourth-order valence-corrected chi connectivity index (χ4v) is 3.73. The molecule has 0 spiro atoms. The number of oxazole rings is 1. The normalized spacial score (nSPS) is 13.1. The van der Waals surface area contributed by atoms with Crippen LogP contribution in [0.4, 0.5) is 0 Å². The summed E-state index contributed by atoms with van der Waals surface area (Å²) in [6.45, 7) is 0.826. The van der Waals surface area contributed by atoms with Crippen molar-refractivity contribution in [3.8, 4) is 11.6 Å². The molecule has 0 bridgehead atoms. The summed E-state index contributed by atoms with van der Waals surface area (Å²) < 4.78 is 8.20. The molecule has 0 aromatic carbocycles. The van der Waals surface area contributed by atoms with Gasteiger partial charge >= 0.3 is 5.89 Å². The first-order chi connectivity index (χ1) is 9.42. The Balaban J connectivity index is 1.94. The molecule has 5 heteroatoms. The van der Waals surface area contributed by atoms with E-state index in [2.05, 4.69) is 26.7 Å². The Morgan fingerprint density at radius 3 is 3.05 bits per heavy atom. The van der Waals surface area contributed by atoms with Gasteiger partial charge in [-0.15, -0.1) is 4.57 Å². The van der Waals surface area contributed by atoms with Gasteiger partial charge in [-0.3, -0.25) is 0 Å². The smallest absolute Gasteiger partial charge is 0.385 e. The average Bonchev–Trinajstić information content (AvgIpc) is 3.05. The monoisotopic (exact) mass is 266 g/mol. The van der Waals surface area contributed by atoms with E-state index >= 15 is 0 Å². The van der Waals surface area contributed by atoms with Crippen molar-refractivity contribution in [2.45, 2.75) is 6.54 Å². The molecule has 90 valence electrons. The molecule has 0 atom stereocenters. The summed E-state index contributed by atoms with van der Waals surface area (Å²) in [6, 6.07) is 8.13. The van der Waals surface area contributed by atoms with Crippen LogP contribution in [-0.4, -0.2) is 9.97 Å². The number of hydrogen-bond acceptors (Lipinski definition) is 4. The molecule has 5 rings (SSSR count). The fraction of sp³-hybridized carbons (Fsp3) is 0.0714. The first-order valence-corrected chi connectivity index (χ1v) is 6.87. The number of thiophene rings is 1. The Hall–Kier alpha value is -2.27. The Kier molecular flexibility index (Phi) is 1.62. The molecule has 1 aliphatic rings. The predicted molar refractivity (Wildman–Crippen MR) is 71.9 cm³/mol. The lowest BCUT2D eigenvalue weighted by atomic mass is 10.2. The predicted octanol–water partition coefficient (Wildman–Crippen LogP) is 2.75. The second kappa shape index (κ2) is 3.19. The molecule has 4 aromatic heterocycles. The van der Waals surface area contributed by atoms with Gasteiger partial charge in [-0.1, -0.05) is 11.3 Å². The number of hydrogen-bond donors (Lipinski definition) is 0. The molecule has 4 aromatic rings. The third-order valence-corrected chi connectivity index (χ3v) is 4.52. The number of aromatic nitrogens is 3. The molecule has 4 nitrogen and oxygen atoms in total. The topological polar surface area (TPSA) is 42.8 Å². The molecule has 0 unspecified atom stereocenters. The van der Waals surface area contributed by atoms with Gasteiger partial charge in [0.25, 0.3) is 10.4 Å². The van der Waals surface area contributed by atoms with Crippen molar-refractivity contribution in [3.63, 3.8) is 0 Å². The zero-order chi connectivity index (χ0) is 12.4. The van der Waals surface area contributed by atoms with E-state index in [0.29, 0.717) is 0 Å². The van der Waals surface area contributed by atoms with Crippen LogP contribution in [0.3, 0.4) is 0 Å². The summed E-state index contributed by atoms with van der Waals surface area (Å²) in [6.07, 6.45) is 3.63. The zero-order valence-electron chi connectivity index (χ0n) is 9.83. The van der Waals surface area contributed by atoms with Gasteiger partial charge in [-0.05, 0) is 24.3 Å². The SMILES string of the molecule is c1cnc2c(c1)C[n+]1c-2oc2sc3ncccc3c21. The van der Waals surface area contributed by atoms with Crippen LogP contribution in [0.25, 0.3) is 32.2 Å². The molecule has 0 amide bonds. The third kappa shape index (κ3) is 1.11. The van der Waals surface area contributed by atoms with Gasteiger partial charge in [-0.25, -0.2) is 9.97 Å². The molecule has 19 heavy (non-hydrogen) atoms. The van der Waals surface area contributed by atoms with Crippen molar-refractivity contribution in [2.24, 2.45) is 0 Å². The van der Waals surface area contributed by atoms with Gasteiger partial charge in [0.15, 0.2) is 12.2 Å². The minimum Gasteiger partial charge on any atom is -0.385 e. The number of pyridine rings is 2. The molecule has 0 N–H and O–H groups in total. The van der Waals surface area contributed by atoms with Crippen molar-refractivity contribution < 1.29 is 8.98 Å². The van der Waals surface area contributed by atoms with Gasteiger partial charge < -0.3 is 4.42 Å². The van der Waals surface area contributed by atoms with Gasteiger partial charge in [0.1, 0.15) is 4.83 Å². The Labute approximate surface area is 112 Å². The maximum absolute atomic E-state index is 6.00. The molecule has 0 saturated heterocycles. The van der Waals surface area contributed by atoms with Crippen LogP contribution in [0, 0.1) is 0 Å². The number of rotatable bonds is 0. The summed E-state index contributed by atoms with van der Waals surface area (Å²) in [5.41, 5.74) is 3.32. The summed E-state index contributed by atoms with van der Waals surface area (Å²) in [5.74, 6) is 0.864. The standard InChI is InChI=1S/C14H8N3OS/c1-3-8-7-17-11-9-4-2-6-16-12(9)19-14(11)18-13(17)10(8)15-5-1/h1-6H,7H2/q+1. The van der Waals surface area contributed by atoms with E-state index in [-0.39, 0.29) is 0 Å². The third-order valence-electron chi connectivity index (χ3n) is 3.54. The number of fused-ring (bicyclic) bond motifs is 7. The van der Waals surface area contributed by atoms with Crippen LogP contribution in [-0.2, 0) is 6.54 Å². The van der Waals surface area contributed by atoms with Gasteiger partial charge in [0, 0.05) is 12.4 Å². The number of nitrogens with zero attached hydrogens (tertiary/aromatic N) is 3. The lowest BCUT2D eigenvalue weighted by Gasteiger charge is -1.88. The van der Waals surface area contributed by atoms with E-state index in [0.717, 1.165) is 38.8 Å². The van der Waals surface area contributed by atoms with Crippen molar-refractivity contribution >= 4 is 32.0 Å². The fourth-order valence-electron chi connectivity index (χ4n) is 2.72. The van der Waals surface area contributed by atoms with Crippen LogP contribution in [0.1, 0.15) is 5.56 Å². The van der Waals surface area contributed by atoms with E-state index < -0.39 is 0 Å². The van der Waals surface area contributed by atoms with E-state index in [4.69, 9.17) is 4.42 Å². The van der Waals surface area contributed by atoms with Gasteiger partial charge in [-0.2, -0.15) is 0 Å². The maximum Gasteiger partial charge on any atom is 0.402 e. The first kappa shape index (κ1) is 9.63. The second-order valence-corrected chi connectivity index (χ2v) is 5.56. The van der Waals surface area contributed by atoms with Crippen LogP contribution in [0.2, 0.25) is 0 Å². The summed E-state index contributed by atoms with van der Waals surface area (Å²) in [7, 11) is 0. The van der Waals surface area contributed by atoms with E-state index in [1.54, 1.807) is 11.3 Å². The van der Waals surface area contributed by atoms with Crippen LogP contribution in [0.15, 0.2) is 41.1 Å². The van der Waals surface area contributed by atoms with Crippen molar-refractivity contribution in [2.75, 3.05) is 0 Å². The zero-order valence-corrected chi connectivity index (χ0v) is 10.6. The van der Waals surface area contributed by atoms with Gasteiger partial charge in [0.05, 0.1) is 10.9 Å². The van der Waals surface area contributed by atoms with E-state index in [1.807, 2.05) is 24.5 Å². The maximum atomic E-state index is 6.00. The summed E-state index contributed by atoms with van der Waals surface area (Å²) in [4.78, 5) is 10.8. The molecular weight excluding hydrogens is 258 g/mol. The highest BCUT2D eigenvalue weighted by atomic mass is 32.1. The van der Waals surface area contributed by atoms with E-state index in [1.165, 1.54) is 5.56 Å². The molecule has 1 aliphatic heterocycles. The largest absolute Gasteiger partial charge is 0.402 e. The summed E-state index contributed by atoms with van der Waals surface area (Å²) >= 11 is 1.59. The lowest BCUT2D eigenvalue weighted by Crippen LogP contribution is -2.30.